The topological polar surface area (TPSA) is 35.2 Å². The molecule has 1 heterocycles. The Morgan fingerprint density at radius 2 is 1.95 bits per heavy atom. The monoisotopic (exact) mass is 251 g/mol. The summed E-state index contributed by atoms with van der Waals surface area (Å²) in [6, 6.07) is 14.7. The molecule has 0 aromatic heterocycles. The summed E-state index contributed by atoms with van der Waals surface area (Å²) in [6.45, 7) is 3.29. The fraction of sp³-hybridized carbons (Fsp3) is 0.176. The number of ether oxygens (including phenoxy) is 1. The van der Waals surface area contributed by atoms with Crippen molar-refractivity contribution in [3.8, 4) is 16.9 Å². The lowest BCUT2D eigenvalue weighted by Gasteiger charge is -2.19. The zero-order valence-corrected chi connectivity index (χ0v) is 11.0. The molecule has 3 rings (SSSR count). The number of nitrogens with two attached hydrogens (primary N) is 1. The predicted molar refractivity (Wildman–Crippen MR) is 79.1 cm³/mol. The fourth-order valence-electron chi connectivity index (χ4n) is 2.51. The van der Waals surface area contributed by atoms with Gasteiger partial charge in [-0.2, -0.15) is 0 Å². The number of aryl methyl sites for hydroxylation is 1. The first-order valence-electron chi connectivity index (χ1n) is 6.52. The van der Waals surface area contributed by atoms with Gasteiger partial charge in [-0.05, 0) is 41.3 Å². The molecule has 96 valence electrons. The average Bonchev–Trinajstić information content (AvgIpc) is 2.46. The summed E-state index contributed by atoms with van der Waals surface area (Å²) >= 11 is 0. The number of fused-ring (bicyclic) bond motifs is 1. The Balaban J connectivity index is 2.08. The van der Waals surface area contributed by atoms with E-state index in [0.29, 0.717) is 13.2 Å². The van der Waals surface area contributed by atoms with Crippen molar-refractivity contribution in [2.75, 3.05) is 13.2 Å². The van der Waals surface area contributed by atoms with Crippen LogP contribution in [0.15, 0.2) is 48.5 Å². The number of benzene rings is 2. The van der Waals surface area contributed by atoms with Gasteiger partial charge in [0.25, 0.3) is 0 Å². The minimum atomic E-state index is 0.556. The Bertz CT molecular complexity index is 643. The molecule has 0 radical (unpaired) electrons. The zero-order chi connectivity index (χ0) is 13.2. The van der Waals surface area contributed by atoms with E-state index in [-0.39, 0.29) is 0 Å². The molecule has 2 heteroatoms. The van der Waals surface area contributed by atoms with Gasteiger partial charge in [-0.25, -0.2) is 0 Å². The van der Waals surface area contributed by atoms with Gasteiger partial charge in [-0.15, -0.1) is 0 Å². The molecule has 0 unspecified atom stereocenters. The smallest absolute Gasteiger partial charge is 0.127 e. The van der Waals surface area contributed by atoms with E-state index in [4.69, 9.17) is 10.5 Å². The second kappa shape index (κ2) is 4.90. The average molecular weight is 251 g/mol. The van der Waals surface area contributed by atoms with Crippen LogP contribution in [0.5, 0.6) is 5.75 Å². The lowest BCUT2D eigenvalue weighted by atomic mass is 9.96. The second-order valence-corrected chi connectivity index (χ2v) is 4.77. The van der Waals surface area contributed by atoms with Crippen LogP contribution < -0.4 is 10.5 Å². The molecule has 0 saturated carbocycles. The summed E-state index contributed by atoms with van der Waals surface area (Å²) < 4.78 is 5.73. The number of hydrogen-bond acceptors (Lipinski definition) is 2. The van der Waals surface area contributed by atoms with Crippen molar-refractivity contribution < 1.29 is 4.74 Å². The van der Waals surface area contributed by atoms with Gasteiger partial charge < -0.3 is 10.5 Å². The fourth-order valence-corrected chi connectivity index (χ4v) is 2.51. The summed E-state index contributed by atoms with van der Waals surface area (Å²) in [7, 11) is 0. The van der Waals surface area contributed by atoms with E-state index in [1.807, 2.05) is 0 Å². The van der Waals surface area contributed by atoms with Crippen molar-refractivity contribution in [3.63, 3.8) is 0 Å². The van der Waals surface area contributed by atoms with Gasteiger partial charge in [0.15, 0.2) is 0 Å². The Labute approximate surface area is 113 Å². The molecular formula is C17H17NO. The summed E-state index contributed by atoms with van der Waals surface area (Å²) in [5, 5.41) is 0. The van der Waals surface area contributed by atoms with Crippen molar-refractivity contribution in [1.82, 2.24) is 0 Å². The molecule has 0 aliphatic carbocycles. The third-order valence-electron chi connectivity index (χ3n) is 3.57. The normalized spacial score (nSPS) is 13.5. The molecule has 0 saturated heterocycles. The largest absolute Gasteiger partial charge is 0.489 e. The van der Waals surface area contributed by atoms with Crippen LogP contribution >= 0.6 is 0 Å². The second-order valence-electron chi connectivity index (χ2n) is 4.77. The van der Waals surface area contributed by atoms with Crippen LogP contribution in [0.3, 0.4) is 0 Å². The van der Waals surface area contributed by atoms with Crippen LogP contribution in [0, 0.1) is 6.92 Å². The zero-order valence-electron chi connectivity index (χ0n) is 11.0. The SMILES string of the molecule is Cc1ccccc1-c1ccc2c(c1)OCC=C2CN. The summed E-state index contributed by atoms with van der Waals surface area (Å²) in [5.41, 5.74) is 11.8. The van der Waals surface area contributed by atoms with Crippen molar-refractivity contribution in [2.24, 2.45) is 5.73 Å². The molecule has 1 aliphatic heterocycles. The Hall–Kier alpha value is -2.06. The van der Waals surface area contributed by atoms with Crippen LogP contribution in [-0.2, 0) is 0 Å². The van der Waals surface area contributed by atoms with E-state index in [2.05, 4.69) is 55.5 Å². The highest BCUT2D eigenvalue weighted by molar-refractivity contribution is 5.78. The number of rotatable bonds is 2. The molecule has 2 N–H and O–H groups in total. The summed E-state index contributed by atoms with van der Waals surface area (Å²) in [4.78, 5) is 0. The lowest BCUT2D eigenvalue weighted by Crippen LogP contribution is -2.11. The molecule has 1 aliphatic rings. The lowest BCUT2D eigenvalue weighted by molar-refractivity contribution is 0.357. The molecular weight excluding hydrogens is 234 g/mol. The van der Waals surface area contributed by atoms with E-state index >= 15 is 0 Å². The highest BCUT2D eigenvalue weighted by atomic mass is 16.5. The van der Waals surface area contributed by atoms with Crippen LogP contribution in [0.1, 0.15) is 11.1 Å². The highest BCUT2D eigenvalue weighted by Gasteiger charge is 2.14. The van der Waals surface area contributed by atoms with E-state index in [0.717, 1.165) is 16.9 Å². The molecule has 2 aromatic rings. The van der Waals surface area contributed by atoms with Gasteiger partial charge in [-0.3, -0.25) is 0 Å². The van der Waals surface area contributed by atoms with Gasteiger partial charge in [0, 0.05) is 12.1 Å². The van der Waals surface area contributed by atoms with Gasteiger partial charge >= 0.3 is 0 Å². The minimum Gasteiger partial charge on any atom is -0.489 e. The Morgan fingerprint density at radius 3 is 2.74 bits per heavy atom. The Morgan fingerprint density at radius 1 is 1.11 bits per heavy atom. The highest BCUT2D eigenvalue weighted by Crippen LogP contribution is 2.34. The van der Waals surface area contributed by atoms with E-state index in [9.17, 15) is 0 Å². The van der Waals surface area contributed by atoms with Crippen LogP contribution in [0.2, 0.25) is 0 Å². The van der Waals surface area contributed by atoms with Crippen molar-refractivity contribution >= 4 is 5.57 Å². The van der Waals surface area contributed by atoms with E-state index < -0.39 is 0 Å². The van der Waals surface area contributed by atoms with Gasteiger partial charge in [0.1, 0.15) is 12.4 Å². The molecule has 0 amide bonds. The quantitative estimate of drug-likeness (QED) is 0.888. The maximum absolute atomic E-state index is 5.77. The minimum absolute atomic E-state index is 0.556. The standard InChI is InChI=1S/C17H17NO/c1-12-4-2-3-5-15(12)13-6-7-16-14(11-18)8-9-19-17(16)10-13/h2-8,10H,9,11,18H2,1H3. The van der Waals surface area contributed by atoms with Gasteiger partial charge in [-0.1, -0.05) is 36.4 Å². The molecule has 0 spiro atoms. The van der Waals surface area contributed by atoms with Gasteiger partial charge in [0.2, 0.25) is 0 Å². The first-order chi connectivity index (χ1) is 9.29. The van der Waals surface area contributed by atoms with E-state index in [1.54, 1.807) is 0 Å². The van der Waals surface area contributed by atoms with E-state index in [1.165, 1.54) is 16.7 Å². The maximum atomic E-state index is 5.77. The predicted octanol–water partition coefficient (Wildman–Crippen LogP) is 3.40. The molecule has 0 fully saturated rings. The van der Waals surface area contributed by atoms with Gasteiger partial charge in [0.05, 0.1) is 0 Å². The number of hydrogen-bond donors (Lipinski definition) is 1. The molecule has 2 nitrogen and oxygen atoms in total. The summed E-state index contributed by atoms with van der Waals surface area (Å²) in [5.74, 6) is 0.934. The van der Waals surface area contributed by atoms with Crippen LogP contribution in [0.4, 0.5) is 0 Å². The van der Waals surface area contributed by atoms with Crippen molar-refractivity contribution in [1.29, 1.82) is 0 Å². The van der Waals surface area contributed by atoms with Crippen LogP contribution in [-0.4, -0.2) is 13.2 Å². The third-order valence-corrected chi connectivity index (χ3v) is 3.57. The third kappa shape index (κ3) is 2.15. The first kappa shape index (κ1) is 12.0. The molecule has 19 heavy (non-hydrogen) atoms. The van der Waals surface area contributed by atoms with Crippen molar-refractivity contribution in [2.45, 2.75) is 6.92 Å². The van der Waals surface area contributed by atoms with Crippen LogP contribution in [0.25, 0.3) is 16.7 Å². The first-order valence-corrected chi connectivity index (χ1v) is 6.52. The van der Waals surface area contributed by atoms with Crippen molar-refractivity contribution in [3.05, 3.63) is 59.7 Å². The molecule has 0 bridgehead atoms. The Kier molecular flexibility index (Phi) is 3.10. The molecule has 0 atom stereocenters. The maximum Gasteiger partial charge on any atom is 0.127 e. The molecule has 2 aromatic carbocycles. The summed E-state index contributed by atoms with van der Waals surface area (Å²) in [6.07, 6.45) is 2.05.